The maximum atomic E-state index is 13.4. The summed E-state index contributed by atoms with van der Waals surface area (Å²) in [6.07, 6.45) is -4.51. The van der Waals surface area contributed by atoms with Crippen LogP contribution >= 0.6 is 11.6 Å². The largest absolute Gasteiger partial charge is 1.00 e. The second-order valence-corrected chi connectivity index (χ2v) is 8.51. The van der Waals surface area contributed by atoms with Crippen molar-refractivity contribution in [1.29, 1.82) is 0 Å². The first-order valence-corrected chi connectivity index (χ1v) is 9.60. The Morgan fingerprint density at radius 1 is 1.06 bits per heavy atom. The van der Waals surface area contributed by atoms with Crippen molar-refractivity contribution in [2.45, 2.75) is 32.4 Å². The molecule has 4 aromatic rings. The number of H-pyrrole nitrogens is 1. The number of nitrogens with one attached hydrogen (secondary N) is 1. The Bertz CT molecular complexity index is 1260. The number of hydrogen-bond donors (Lipinski definition) is 1. The van der Waals surface area contributed by atoms with Gasteiger partial charge in [0.15, 0.2) is 11.5 Å². The van der Waals surface area contributed by atoms with Gasteiger partial charge in [-0.3, -0.25) is 4.68 Å². The Labute approximate surface area is 205 Å². The summed E-state index contributed by atoms with van der Waals surface area (Å²) in [7, 11) is 1.80. The zero-order valence-corrected chi connectivity index (χ0v) is 20.5. The summed E-state index contributed by atoms with van der Waals surface area (Å²) in [6, 6.07) is 8.61. The van der Waals surface area contributed by atoms with E-state index < -0.39 is 11.7 Å². The second kappa shape index (κ2) is 8.24. The third-order valence-electron chi connectivity index (χ3n) is 4.81. The van der Waals surface area contributed by atoms with Crippen LogP contribution in [0.4, 0.5) is 13.2 Å². The first-order chi connectivity index (χ1) is 13.9. The van der Waals surface area contributed by atoms with Crippen LogP contribution in [0.1, 0.15) is 33.5 Å². The number of pyridine rings is 1. The smallest absolute Gasteiger partial charge is 1.00 e. The summed E-state index contributed by atoms with van der Waals surface area (Å²) in [5.74, 6) is 0.492. The number of aromatic amines is 1. The molecule has 0 radical (unpaired) electrons. The van der Waals surface area contributed by atoms with Crippen molar-refractivity contribution in [3.05, 3.63) is 52.7 Å². The Morgan fingerprint density at radius 2 is 1.74 bits per heavy atom. The number of fused-ring (bicyclic) bond motifs is 1. The van der Waals surface area contributed by atoms with Crippen LogP contribution < -0.4 is 29.6 Å². The molecule has 0 bridgehead atoms. The molecule has 0 saturated heterocycles. The van der Waals surface area contributed by atoms with E-state index in [1.54, 1.807) is 11.7 Å². The molecule has 0 spiro atoms. The summed E-state index contributed by atoms with van der Waals surface area (Å²) < 4.78 is 42.0. The van der Waals surface area contributed by atoms with Gasteiger partial charge in [-0.1, -0.05) is 50.6 Å². The van der Waals surface area contributed by atoms with Crippen molar-refractivity contribution in [2.75, 3.05) is 0 Å². The van der Waals surface area contributed by atoms with E-state index in [0.29, 0.717) is 11.3 Å². The minimum Gasteiger partial charge on any atom is -1.00 e. The Kier molecular flexibility index (Phi) is 6.32. The first kappa shape index (κ1) is 23.8. The maximum absolute atomic E-state index is 13.4. The van der Waals surface area contributed by atoms with E-state index >= 15 is 0 Å². The van der Waals surface area contributed by atoms with Gasteiger partial charge in [-0.05, 0) is 18.2 Å². The fraction of sp³-hybridized carbons (Fsp3) is 0.286. The summed E-state index contributed by atoms with van der Waals surface area (Å²) >= 11 is 6.38. The van der Waals surface area contributed by atoms with Gasteiger partial charge in [0.1, 0.15) is 11.2 Å². The van der Waals surface area contributed by atoms with Crippen molar-refractivity contribution < 1.29 is 44.2 Å². The van der Waals surface area contributed by atoms with Gasteiger partial charge in [0.05, 0.1) is 22.0 Å². The summed E-state index contributed by atoms with van der Waals surface area (Å²) in [5.41, 5.74) is 1.46. The third-order valence-corrected chi connectivity index (χ3v) is 5.11. The third kappa shape index (κ3) is 4.53. The van der Waals surface area contributed by atoms with Crippen molar-refractivity contribution in [2.24, 2.45) is 7.05 Å². The molecule has 0 saturated carbocycles. The topological polar surface area (TPSA) is 59.4 Å². The molecule has 1 aromatic carbocycles. The molecule has 0 aliphatic carbocycles. The second-order valence-electron chi connectivity index (χ2n) is 8.11. The Hall–Kier alpha value is -1.87. The van der Waals surface area contributed by atoms with Gasteiger partial charge in [-0.25, -0.2) is 9.97 Å². The predicted molar refractivity (Wildman–Crippen MR) is 111 cm³/mol. The van der Waals surface area contributed by atoms with Crippen LogP contribution in [0.5, 0.6) is 0 Å². The first-order valence-electron chi connectivity index (χ1n) is 9.23. The number of aromatic nitrogens is 5. The fourth-order valence-electron chi connectivity index (χ4n) is 3.22. The van der Waals surface area contributed by atoms with Crippen LogP contribution in [-0.2, 0) is 18.6 Å². The number of rotatable bonds is 2. The van der Waals surface area contributed by atoms with Gasteiger partial charge >= 0.3 is 35.7 Å². The average Bonchev–Trinajstić information content (AvgIpc) is 3.24. The van der Waals surface area contributed by atoms with E-state index in [9.17, 15) is 13.2 Å². The molecule has 5 nitrogen and oxygen atoms in total. The molecular weight excluding hydrogens is 438 g/mol. The molecule has 0 unspecified atom stereocenters. The van der Waals surface area contributed by atoms with E-state index in [1.807, 2.05) is 6.07 Å². The molecule has 0 amide bonds. The zero-order chi connectivity index (χ0) is 21.8. The SMILES string of the molecule is Cn1nc(C(C)(C)C)cc1-c1nc2nc(-c3ccccc3C(F)(F)F)cc(Cl)c2[nH]1.[H-].[Na+]. The minimum absolute atomic E-state index is 0. The number of nitrogens with zero attached hydrogens (tertiary/aromatic N) is 4. The minimum atomic E-state index is -4.51. The predicted octanol–water partition coefficient (Wildman–Crippen LogP) is 3.11. The molecule has 0 aliphatic heterocycles. The molecule has 0 aliphatic rings. The molecule has 0 atom stereocenters. The van der Waals surface area contributed by atoms with E-state index in [4.69, 9.17) is 11.6 Å². The molecule has 4 rings (SSSR count). The zero-order valence-electron chi connectivity index (χ0n) is 18.8. The monoisotopic (exact) mass is 457 g/mol. The van der Waals surface area contributed by atoms with Gasteiger partial charge in [-0.15, -0.1) is 0 Å². The number of benzene rings is 1. The van der Waals surface area contributed by atoms with E-state index in [2.05, 4.69) is 40.8 Å². The number of aryl methyl sites for hydroxylation is 1. The van der Waals surface area contributed by atoms with Gasteiger partial charge < -0.3 is 6.41 Å². The molecule has 0 fully saturated rings. The molecular formula is C21H20ClF3N5Na. The number of hydrogen-bond acceptors (Lipinski definition) is 3. The Morgan fingerprint density at radius 3 is 2.35 bits per heavy atom. The van der Waals surface area contributed by atoms with Crippen molar-refractivity contribution in [3.8, 4) is 22.8 Å². The quantitative estimate of drug-likeness (QED) is 0.471. The van der Waals surface area contributed by atoms with Crippen molar-refractivity contribution in [1.82, 2.24) is 24.7 Å². The molecule has 1 N–H and O–H groups in total. The maximum Gasteiger partial charge on any atom is 1.00 e. The molecule has 158 valence electrons. The number of alkyl halides is 3. The van der Waals surface area contributed by atoms with Crippen LogP contribution in [-0.4, -0.2) is 24.7 Å². The average molecular weight is 458 g/mol. The number of halogens is 4. The van der Waals surface area contributed by atoms with Crippen LogP contribution in [0.2, 0.25) is 5.02 Å². The standard InChI is InChI=1S/C21H19ClF3N5.Na.H/c1-20(2,3)16-10-15(30(4)29-16)18-27-17-13(22)9-14(26-19(17)28-18)11-7-5-6-8-12(11)21(23,24)25;;/h5-10H,1-4H3,(H,26,27,28);;/q;+1;-1. The normalized spacial score (nSPS) is 12.3. The summed E-state index contributed by atoms with van der Waals surface area (Å²) in [4.78, 5) is 12.0. The van der Waals surface area contributed by atoms with Gasteiger partial charge in [0.25, 0.3) is 0 Å². The summed E-state index contributed by atoms with van der Waals surface area (Å²) in [5, 5.41) is 4.77. The molecule has 3 aromatic heterocycles. The van der Waals surface area contributed by atoms with Crippen LogP contribution in [0, 0.1) is 0 Å². The van der Waals surface area contributed by atoms with Gasteiger partial charge in [-0.2, -0.15) is 18.3 Å². The van der Waals surface area contributed by atoms with Gasteiger partial charge in [0, 0.05) is 18.0 Å². The van der Waals surface area contributed by atoms with Crippen LogP contribution in [0.3, 0.4) is 0 Å². The van der Waals surface area contributed by atoms with Crippen LogP contribution in [0.25, 0.3) is 33.9 Å². The van der Waals surface area contributed by atoms with E-state index in [1.165, 1.54) is 24.3 Å². The van der Waals surface area contributed by atoms with E-state index in [-0.39, 0.29) is 58.3 Å². The Balaban J connectivity index is 0.00000181. The number of imidazole rings is 1. The molecule has 3 heterocycles. The molecule has 10 heteroatoms. The molecule has 31 heavy (non-hydrogen) atoms. The van der Waals surface area contributed by atoms with Gasteiger partial charge in [0.2, 0.25) is 0 Å². The van der Waals surface area contributed by atoms with Crippen molar-refractivity contribution >= 4 is 22.8 Å². The fourth-order valence-corrected chi connectivity index (χ4v) is 3.45. The summed E-state index contributed by atoms with van der Waals surface area (Å²) in [6.45, 7) is 6.17. The van der Waals surface area contributed by atoms with Crippen LogP contribution in [0.15, 0.2) is 36.4 Å². The van der Waals surface area contributed by atoms with E-state index in [0.717, 1.165) is 17.5 Å². The van der Waals surface area contributed by atoms with Crippen molar-refractivity contribution in [3.63, 3.8) is 0 Å².